The molecule has 5 heteroatoms. The Kier molecular flexibility index (Phi) is 5.01. The monoisotopic (exact) mass is 275 g/mol. The van der Waals surface area contributed by atoms with Crippen molar-refractivity contribution >= 4 is 0 Å². The van der Waals surface area contributed by atoms with E-state index in [0.717, 1.165) is 36.6 Å². The summed E-state index contributed by atoms with van der Waals surface area (Å²) in [7, 11) is 5.29. The molecule has 0 saturated carbocycles. The number of aryl methyl sites for hydroxylation is 1. The summed E-state index contributed by atoms with van der Waals surface area (Å²) in [6.07, 6.45) is 2.77. The summed E-state index contributed by atoms with van der Waals surface area (Å²) in [6.45, 7) is 1.67. The Balaban J connectivity index is 1.86. The van der Waals surface area contributed by atoms with Crippen LogP contribution in [0.3, 0.4) is 0 Å². The first kappa shape index (κ1) is 14.4. The predicted molar refractivity (Wildman–Crippen MR) is 78.2 cm³/mol. The quantitative estimate of drug-likeness (QED) is 0.782. The molecular weight excluding hydrogens is 254 g/mol. The molecule has 0 fully saturated rings. The van der Waals surface area contributed by atoms with E-state index in [1.807, 2.05) is 42.2 Å². The van der Waals surface area contributed by atoms with Gasteiger partial charge in [0.1, 0.15) is 11.5 Å². The topological polar surface area (TPSA) is 48.3 Å². The number of aromatic nitrogens is 2. The van der Waals surface area contributed by atoms with Crippen molar-refractivity contribution in [3.8, 4) is 11.5 Å². The van der Waals surface area contributed by atoms with Crippen LogP contribution >= 0.6 is 0 Å². The summed E-state index contributed by atoms with van der Waals surface area (Å²) in [6, 6.07) is 7.91. The molecule has 0 unspecified atom stereocenters. The van der Waals surface area contributed by atoms with Gasteiger partial charge in [-0.15, -0.1) is 0 Å². The van der Waals surface area contributed by atoms with Crippen molar-refractivity contribution in [2.45, 2.75) is 13.0 Å². The third-order valence-electron chi connectivity index (χ3n) is 3.29. The number of hydrogen-bond acceptors (Lipinski definition) is 4. The molecule has 5 nitrogen and oxygen atoms in total. The van der Waals surface area contributed by atoms with Gasteiger partial charge in [0.2, 0.25) is 0 Å². The van der Waals surface area contributed by atoms with E-state index < -0.39 is 0 Å². The molecule has 0 bridgehead atoms. The third-order valence-corrected chi connectivity index (χ3v) is 3.29. The van der Waals surface area contributed by atoms with E-state index in [0.29, 0.717) is 0 Å². The first-order valence-corrected chi connectivity index (χ1v) is 6.63. The van der Waals surface area contributed by atoms with Gasteiger partial charge in [-0.3, -0.25) is 4.68 Å². The van der Waals surface area contributed by atoms with Crippen LogP contribution < -0.4 is 14.8 Å². The number of rotatable bonds is 7. The lowest BCUT2D eigenvalue weighted by atomic mass is 10.2. The zero-order chi connectivity index (χ0) is 14.4. The highest BCUT2D eigenvalue weighted by Crippen LogP contribution is 2.24. The Morgan fingerprint density at radius 2 is 2.05 bits per heavy atom. The maximum Gasteiger partial charge on any atom is 0.127 e. The van der Waals surface area contributed by atoms with Gasteiger partial charge in [0.25, 0.3) is 0 Å². The highest BCUT2D eigenvalue weighted by atomic mass is 16.5. The van der Waals surface area contributed by atoms with Crippen LogP contribution in [-0.2, 0) is 20.0 Å². The molecule has 0 aliphatic heterocycles. The maximum atomic E-state index is 5.38. The number of nitrogens with one attached hydrogen (secondary N) is 1. The minimum Gasteiger partial charge on any atom is -0.497 e. The van der Waals surface area contributed by atoms with Crippen LogP contribution in [0.25, 0.3) is 0 Å². The molecular formula is C15H21N3O2. The molecule has 2 aromatic rings. The first-order valence-electron chi connectivity index (χ1n) is 6.63. The predicted octanol–water partition coefficient (Wildman–Crippen LogP) is 1.77. The van der Waals surface area contributed by atoms with Crippen LogP contribution in [0.15, 0.2) is 30.5 Å². The van der Waals surface area contributed by atoms with Crippen molar-refractivity contribution in [3.05, 3.63) is 41.7 Å². The summed E-state index contributed by atoms with van der Waals surface area (Å²) in [5.74, 6) is 1.65. The lowest BCUT2D eigenvalue weighted by molar-refractivity contribution is 0.390. The maximum absolute atomic E-state index is 5.38. The summed E-state index contributed by atoms with van der Waals surface area (Å²) in [5.41, 5.74) is 2.34. The molecule has 108 valence electrons. The minimum absolute atomic E-state index is 0.769. The molecule has 1 aromatic carbocycles. The fraction of sp³-hybridized carbons (Fsp3) is 0.400. The van der Waals surface area contributed by atoms with Crippen LogP contribution in [0.4, 0.5) is 0 Å². The van der Waals surface area contributed by atoms with Gasteiger partial charge in [0, 0.05) is 50.1 Å². The van der Waals surface area contributed by atoms with Gasteiger partial charge >= 0.3 is 0 Å². The second-order valence-electron chi connectivity index (χ2n) is 4.55. The van der Waals surface area contributed by atoms with Gasteiger partial charge in [-0.2, -0.15) is 5.10 Å². The Morgan fingerprint density at radius 1 is 1.20 bits per heavy atom. The third kappa shape index (κ3) is 3.51. The van der Waals surface area contributed by atoms with E-state index in [1.165, 1.54) is 5.69 Å². The molecule has 0 amide bonds. The highest BCUT2D eigenvalue weighted by molar-refractivity contribution is 5.40. The smallest absolute Gasteiger partial charge is 0.127 e. The second kappa shape index (κ2) is 6.96. The molecule has 0 spiro atoms. The van der Waals surface area contributed by atoms with E-state index in [-0.39, 0.29) is 0 Å². The Labute approximate surface area is 119 Å². The summed E-state index contributed by atoms with van der Waals surface area (Å²) in [4.78, 5) is 0. The van der Waals surface area contributed by atoms with Crippen molar-refractivity contribution in [2.24, 2.45) is 7.05 Å². The van der Waals surface area contributed by atoms with Crippen LogP contribution in [0.2, 0.25) is 0 Å². The van der Waals surface area contributed by atoms with E-state index in [4.69, 9.17) is 9.47 Å². The van der Waals surface area contributed by atoms with Gasteiger partial charge in [-0.1, -0.05) is 6.07 Å². The molecule has 0 saturated heterocycles. The Morgan fingerprint density at radius 3 is 2.70 bits per heavy atom. The van der Waals surface area contributed by atoms with Gasteiger partial charge < -0.3 is 14.8 Å². The van der Waals surface area contributed by atoms with Gasteiger partial charge in [-0.25, -0.2) is 0 Å². The number of methoxy groups -OCH3 is 2. The fourth-order valence-corrected chi connectivity index (χ4v) is 2.08. The number of nitrogens with zero attached hydrogens (tertiary/aromatic N) is 2. The van der Waals surface area contributed by atoms with Crippen molar-refractivity contribution in [1.29, 1.82) is 0 Å². The molecule has 0 atom stereocenters. The molecule has 20 heavy (non-hydrogen) atoms. The highest BCUT2D eigenvalue weighted by Gasteiger charge is 2.05. The van der Waals surface area contributed by atoms with E-state index in [1.54, 1.807) is 14.2 Å². The summed E-state index contributed by atoms with van der Waals surface area (Å²) in [5, 5.41) is 7.57. The largest absolute Gasteiger partial charge is 0.497 e. The van der Waals surface area contributed by atoms with Crippen LogP contribution in [0.5, 0.6) is 11.5 Å². The lowest BCUT2D eigenvalue weighted by Gasteiger charge is -2.11. The average Bonchev–Trinajstić information content (AvgIpc) is 2.89. The molecule has 2 rings (SSSR count). The Bertz CT molecular complexity index is 552. The van der Waals surface area contributed by atoms with E-state index >= 15 is 0 Å². The summed E-state index contributed by atoms with van der Waals surface area (Å²) >= 11 is 0. The number of hydrogen-bond donors (Lipinski definition) is 1. The van der Waals surface area contributed by atoms with Crippen LogP contribution in [0.1, 0.15) is 11.3 Å². The summed E-state index contributed by atoms with van der Waals surface area (Å²) < 4.78 is 12.5. The molecule has 0 aliphatic carbocycles. The Hall–Kier alpha value is -2.01. The zero-order valence-corrected chi connectivity index (χ0v) is 12.2. The van der Waals surface area contributed by atoms with Crippen LogP contribution in [0, 0.1) is 0 Å². The standard InChI is InChI=1S/C15H21N3O2/c1-18-13(7-9-17-18)6-8-16-11-12-4-5-14(19-2)10-15(12)20-3/h4-5,7,9-10,16H,6,8,11H2,1-3H3. The van der Waals surface area contributed by atoms with Gasteiger partial charge in [-0.05, 0) is 12.1 Å². The second-order valence-corrected chi connectivity index (χ2v) is 4.55. The zero-order valence-electron chi connectivity index (χ0n) is 12.2. The lowest BCUT2D eigenvalue weighted by Crippen LogP contribution is -2.18. The van der Waals surface area contributed by atoms with Crippen LogP contribution in [-0.4, -0.2) is 30.5 Å². The van der Waals surface area contributed by atoms with Gasteiger partial charge in [0.15, 0.2) is 0 Å². The molecule has 1 heterocycles. The van der Waals surface area contributed by atoms with Gasteiger partial charge in [0.05, 0.1) is 14.2 Å². The van der Waals surface area contributed by atoms with E-state index in [2.05, 4.69) is 10.4 Å². The van der Waals surface area contributed by atoms with Crippen molar-refractivity contribution in [1.82, 2.24) is 15.1 Å². The molecule has 1 aromatic heterocycles. The fourth-order valence-electron chi connectivity index (χ4n) is 2.08. The normalized spacial score (nSPS) is 10.6. The number of ether oxygens (including phenoxy) is 2. The minimum atomic E-state index is 0.769. The number of benzene rings is 1. The molecule has 0 radical (unpaired) electrons. The van der Waals surface area contributed by atoms with Crippen molar-refractivity contribution < 1.29 is 9.47 Å². The molecule has 1 N–H and O–H groups in total. The average molecular weight is 275 g/mol. The van der Waals surface area contributed by atoms with Crippen molar-refractivity contribution in [2.75, 3.05) is 20.8 Å². The SMILES string of the molecule is COc1ccc(CNCCc2ccnn2C)c(OC)c1. The van der Waals surface area contributed by atoms with Crippen molar-refractivity contribution in [3.63, 3.8) is 0 Å². The molecule has 0 aliphatic rings. The van der Waals surface area contributed by atoms with E-state index in [9.17, 15) is 0 Å². The first-order chi connectivity index (χ1) is 9.74.